The van der Waals surface area contributed by atoms with Crippen LogP contribution < -0.4 is 0 Å². The molecular formula is C8H14O. The van der Waals surface area contributed by atoms with Crippen LogP contribution in [0.5, 0.6) is 0 Å². The topological polar surface area (TPSA) is 9.23 Å². The van der Waals surface area contributed by atoms with Crippen molar-refractivity contribution in [3.63, 3.8) is 0 Å². The lowest BCUT2D eigenvalue weighted by atomic mass is 10.5. The van der Waals surface area contributed by atoms with E-state index < -0.39 is 0 Å². The maximum Gasteiger partial charge on any atom is 0.0901 e. The smallest absolute Gasteiger partial charge is 0.0901 e. The molecule has 0 bridgehead atoms. The fourth-order valence-corrected chi connectivity index (χ4v) is 0.640. The fraction of sp³-hybridized carbons (Fsp3) is 0.750. The molecule has 52 valence electrons. The lowest BCUT2D eigenvalue weighted by Gasteiger charge is -1.94. The molecule has 1 aliphatic carbocycles. The summed E-state index contributed by atoms with van der Waals surface area (Å²) in [7, 11) is 0. The van der Waals surface area contributed by atoms with Gasteiger partial charge in [-0.2, -0.15) is 0 Å². The molecule has 0 aliphatic heterocycles. The zero-order valence-electron chi connectivity index (χ0n) is 5.97. The van der Waals surface area contributed by atoms with E-state index in [1.54, 1.807) is 0 Å². The van der Waals surface area contributed by atoms with Gasteiger partial charge in [0.25, 0.3) is 0 Å². The lowest BCUT2D eigenvalue weighted by Crippen LogP contribution is -1.87. The van der Waals surface area contributed by atoms with Crippen LogP contribution in [-0.2, 0) is 4.74 Å². The molecule has 0 aromatic carbocycles. The van der Waals surface area contributed by atoms with E-state index in [0.717, 1.165) is 18.9 Å². The van der Waals surface area contributed by atoms with Crippen molar-refractivity contribution < 1.29 is 4.74 Å². The predicted molar refractivity (Wildman–Crippen MR) is 38.1 cm³/mol. The molecule has 1 rings (SSSR count). The highest BCUT2D eigenvalue weighted by Crippen LogP contribution is 2.28. The molecule has 1 nitrogen and oxygen atoms in total. The third-order valence-electron chi connectivity index (χ3n) is 1.46. The lowest BCUT2D eigenvalue weighted by molar-refractivity contribution is 0.234. The van der Waals surface area contributed by atoms with Gasteiger partial charge in [0, 0.05) is 0 Å². The van der Waals surface area contributed by atoms with Crippen molar-refractivity contribution in [1.29, 1.82) is 0 Å². The molecule has 0 unspecified atom stereocenters. The first kappa shape index (κ1) is 6.66. The van der Waals surface area contributed by atoms with Crippen LogP contribution in [0.2, 0.25) is 0 Å². The van der Waals surface area contributed by atoms with Gasteiger partial charge in [0.1, 0.15) is 0 Å². The van der Waals surface area contributed by atoms with Crippen molar-refractivity contribution in [1.82, 2.24) is 0 Å². The minimum absolute atomic E-state index is 0.881. The van der Waals surface area contributed by atoms with Crippen LogP contribution in [0.4, 0.5) is 0 Å². The van der Waals surface area contributed by atoms with Crippen LogP contribution in [-0.4, -0.2) is 6.61 Å². The molecule has 0 spiro atoms. The maximum atomic E-state index is 5.22. The average Bonchev–Trinajstić information content (AvgIpc) is 2.63. The summed E-state index contributed by atoms with van der Waals surface area (Å²) in [5.74, 6) is 0.881. The van der Waals surface area contributed by atoms with Crippen molar-refractivity contribution in [2.45, 2.75) is 26.2 Å². The SMILES string of the molecule is CC/C=C/OCC1CC1. The Kier molecular flexibility index (Phi) is 2.62. The fourth-order valence-electron chi connectivity index (χ4n) is 0.640. The molecule has 0 amide bonds. The van der Waals surface area contributed by atoms with Crippen molar-refractivity contribution >= 4 is 0 Å². The molecule has 9 heavy (non-hydrogen) atoms. The van der Waals surface area contributed by atoms with E-state index in [0.29, 0.717) is 0 Å². The summed E-state index contributed by atoms with van der Waals surface area (Å²) in [6.45, 7) is 3.05. The number of hydrogen-bond acceptors (Lipinski definition) is 1. The molecule has 1 fully saturated rings. The van der Waals surface area contributed by atoms with Crippen LogP contribution in [0.25, 0.3) is 0 Å². The normalized spacial score (nSPS) is 18.8. The van der Waals surface area contributed by atoms with E-state index in [-0.39, 0.29) is 0 Å². The van der Waals surface area contributed by atoms with Crippen LogP contribution in [0, 0.1) is 5.92 Å². The Morgan fingerprint density at radius 3 is 2.89 bits per heavy atom. The highest BCUT2D eigenvalue weighted by molar-refractivity contribution is 4.75. The monoisotopic (exact) mass is 126 g/mol. The number of hydrogen-bond donors (Lipinski definition) is 0. The average molecular weight is 126 g/mol. The molecule has 0 aromatic heterocycles. The summed E-state index contributed by atoms with van der Waals surface area (Å²) in [5.41, 5.74) is 0. The molecule has 0 heterocycles. The Balaban J connectivity index is 1.85. The largest absolute Gasteiger partial charge is 0.501 e. The minimum Gasteiger partial charge on any atom is -0.501 e. The van der Waals surface area contributed by atoms with E-state index in [4.69, 9.17) is 4.74 Å². The summed E-state index contributed by atoms with van der Waals surface area (Å²) in [6.07, 6.45) is 7.69. The van der Waals surface area contributed by atoms with Crippen LogP contribution in [0.3, 0.4) is 0 Å². The highest BCUT2D eigenvalue weighted by atomic mass is 16.5. The second-order valence-electron chi connectivity index (χ2n) is 2.56. The molecule has 1 heteroatoms. The third-order valence-corrected chi connectivity index (χ3v) is 1.46. The van der Waals surface area contributed by atoms with E-state index in [2.05, 4.69) is 6.92 Å². The number of rotatable bonds is 4. The molecule has 1 aliphatic rings. The highest BCUT2D eigenvalue weighted by Gasteiger charge is 2.20. The van der Waals surface area contributed by atoms with E-state index in [9.17, 15) is 0 Å². The Labute approximate surface area is 56.7 Å². The predicted octanol–water partition coefficient (Wildman–Crippen LogP) is 2.34. The van der Waals surface area contributed by atoms with Crippen molar-refractivity contribution in [2.24, 2.45) is 5.92 Å². The Bertz CT molecular complexity index is 92.7. The number of ether oxygens (including phenoxy) is 1. The summed E-state index contributed by atoms with van der Waals surface area (Å²) >= 11 is 0. The van der Waals surface area contributed by atoms with Gasteiger partial charge >= 0.3 is 0 Å². The maximum absolute atomic E-state index is 5.22. The van der Waals surface area contributed by atoms with Crippen LogP contribution in [0.1, 0.15) is 26.2 Å². The molecule has 0 N–H and O–H groups in total. The second-order valence-corrected chi connectivity index (χ2v) is 2.56. The van der Waals surface area contributed by atoms with E-state index in [1.807, 2.05) is 12.3 Å². The summed E-state index contributed by atoms with van der Waals surface area (Å²) < 4.78 is 5.22. The van der Waals surface area contributed by atoms with E-state index in [1.165, 1.54) is 12.8 Å². The Morgan fingerprint density at radius 2 is 2.33 bits per heavy atom. The van der Waals surface area contributed by atoms with Crippen molar-refractivity contribution in [3.8, 4) is 0 Å². The Hall–Kier alpha value is -0.460. The van der Waals surface area contributed by atoms with Crippen molar-refractivity contribution in [3.05, 3.63) is 12.3 Å². The minimum atomic E-state index is 0.881. The first-order chi connectivity index (χ1) is 4.43. The molecule has 1 saturated carbocycles. The van der Waals surface area contributed by atoms with E-state index >= 15 is 0 Å². The summed E-state index contributed by atoms with van der Waals surface area (Å²) in [6, 6.07) is 0. The van der Waals surface area contributed by atoms with Gasteiger partial charge in [-0.1, -0.05) is 13.0 Å². The van der Waals surface area contributed by atoms with Crippen LogP contribution >= 0.6 is 0 Å². The second kappa shape index (κ2) is 3.54. The van der Waals surface area contributed by atoms with Gasteiger partial charge < -0.3 is 4.74 Å². The first-order valence-electron chi connectivity index (χ1n) is 3.70. The molecule has 0 atom stereocenters. The number of allylic oxidation sites excluding steroid dienone is 1. The van der Waals surface area contributed by atoms with Crippen LogP contribution in [0.15, 0.2) is 12.3 Å². The zero-order valence-corrected chi connectivity index (χ0v) is 5.97. The van der Waals surface area contributed by atoms with Gasteiger partial charge in [-0.25, -0.2) is 0 Å². The van der Waals surface area contributed by atoms with Gasteiger partial charge in [0.15, 0.2) is 0 Å². The summed E-state index contributed by atoms with van der Waals surface area (Å²) in [4.78, 5) is 0. The molecule has 0 radical (unpaired) electrons. The van der Waals surface area contributed by atoms with Gasteiger partial charge in [0.2, 0.25) is 0 Å². The van der Waals surface area contributed by atoms with Gasteiger partial charge in [-0.15, -0.1) is 0 Å². The zero-order chi connectivity index (χ0) is 6.53. The summed E-state index contributed by atoms with van der Waals surface area (Å²) in [5, 5.41) is 0. The van der Waals surface area contributed by atoms with Crippen molar-refractivity contribution in [2.75, 3.05) is 6.61 Å². The first-order valence-corrected chi connectivity index (χ1v) is 3.70. The molecule has 0 saturated heterocycles. The van der Waals surface area contributed by atoms with Gasteiger partial charge in [-0.05, 0) is 25.2 Å². The standard InChI is InChI=1S/C8H14O/c1-2-3-6-9-7-8-4-5-8/h3,6,8H,2,4-5,7H2,1H3/b6-3+. The van der Waals surface area contributed by atoms with Gasteiger partial charge in [0.05, 0.1) is 12.9 Å². The van der Waals surface area contributed by atoms with Gasteiger partial charge in [-0.3, -0.25) is 0 Å². The Morgan fingerprint density at radius 1 is 1.56 bits per heavy atom. The molecular weight excluding hydrogens is 112 g/mol. The molecule has 0 aromatic rings. The third kappa shape index (κ3) is 3.17. The quantitative estimate of drug-likeness (QED) is 0.525.